The van der Waals surface area contributed by atoms with Crippen LogP contribution in [0.25, 0.3) is 10.4 Å². The van der Waals surface area contributed by atoms with E-state index in [1.54, 1.807) is 11.3 Å². The lowest BCUT2D eigenvalue weighted by Gasteiger charge is -2.00. The first-order valence-corrected chi connectivity index (χ1v) is 6.32. The molecule has 2 aromatic rings. The summed E-state index contributed by atoms with van der Waals surface area (Å²) in [5, 5.41) is 1.01. The molecule has 3 heteroatoms. The summed E-state index contributed by atoms with van der Waals surface area (Å²) < 4.78 is 0. The van der Waals surface area contributed by atoms with Crippen molar-refractivity contribution >= 4 is 11.3 Å². The number of nitrogens with zero attached hydrogens (tertiary/aromatic N) is 1. The fourth-order valence-corrected chi connectivity index (χ4v) is 2.65. The number of hydrogen-bond donors (Lipinski definition) is 1. The van der Waals surface area contributed by atoms with Gasteiger partial charge in [-0.2, -0.15) is 0 Å². The number of aromatic nitrogens is 1. The fraction of sp³-hybridized carbons (Fsp3) is 0.308. The highest BCUT2D eigenvalue weighted by atomic mass is 32.1. The Hall–Kier alpha value is -1.19. The minimum absolute atomic E-state index is 0.526. The first-order valence-electron chi connectivity index (χ1n) is 5.50. The molecular weight excluding hydrogens is 216 g/mol. The van der Waals surface area contributed by atoms with Gasteiger partial charge in [0, 0.05) is 6.54 Å². The third-order valence-electron chi connectivity index (χ3n) is 2.64. The summed E-state index contributed by atoms with van der Waals surface area (Å²) in [5.41, 5.74) is 9.29. The molecule has 0 unspecified atom stereocenters. The second-order valence-corrected chi connectivity index (χ2v) is 4.86. The van der Waals surface area contributed by atoms with Crippen LogP contribution in [-0.2, 0) is 13.0 Å². The lowest BCUT2D eigenvalue weighted by Crippen LogP contribution is -1.94. The zero-order chi connectivity index (χ0) is 11.5. The lowest BCUT2D eigenvalue weighted by atomic mass is 10.1. The van der Waals surface area contributed by atoms with Crippen LogP contribution >= 0.6 is 11.3 Å². The average Bonchev–Trinajstić information content (AvgIpc) is 2.71. The Balaban J connectivity index is 2.38. The van der Waals surface area contributed by atoms with Gasteiger partial charge in [0.25, 0.3) is 0 Å². The Kier molecular flexibility index (Phi) is 3.36. The number of benzene rings is 1. The van der Waals surface area contributed by atoms with Crippen LogP contribution in [0.4, 0.5) is 0 Å². The number of aryl methyl sites for hydroxylation is 2. The molecule has 0 spiro atoms. The van der Waals surface area contributed by atoms with E-state index in [0.29, 0.717) is 6.54 Å². The van der Waals surface area contributed by atoms with E-state index in [-0.39, 0.29) is 0 Å². The van der Waals surface area contributed by atoms with Crippen LogP contribution in [0, 0.1) is 6.92 Å². The molecule has 0 saturated heterocycles. The SMILES string of the molecule is CCc1ccc(-c2sc(CN)nc2C)cc1. The maximum atomic E-state index is 5.60. The average molecular weight is 232 g/mol. The van der Waals surface area contributed by atoms with E-state index in [1.165, 1.54) is 16.0 Å². The predicted molar refractivity (Wildman–Crippen MR) is 69.6 cm³/mol. The van der Waals surface area contributed by atoms with E-state index in [9.17, 15) is 0 Å². The van der Waals surface area contributed by atoms with Gasteiger partial charge in [0.2, 0.25) is 0 Å². The van der Waals surface area contributed by atoms with Crippen molar-refractivity contribution in [3.8, 4) is 10.4 Å². The van der Waals surface area contributed by atoms with Gasteiger partial charge in [-0.1, -0.05) is 31.2 Å². The van der Waals surface area contributed by atoms with E-state index in [2.05, 4.69) is 36.2 Å². The molecule has 16 heavy (non-hydrogen) atoms. The van der Waals surface area contributed by atoms with Crippen molar-refractivity contribution in [3.63, 3.8) is 0 Å². The van der Waals surface area contributed by atoms with Crippen LogP contribution in [0.1, 0.15) is 23.2 Å². The van der Waals surface area contributed by atoms with E-state index >= 15 is 0 Å². The minimum Gasteiger partial charge on any atom is -0.325 e. The molecule has 0 atom stereocenters. The van der Waals surface area contributed by atoms with Crippen molar-refractivity contribution in [3.05, 3.63) is 40.5 Å². The molecular formula is C13H16N2S. The predicted octanol–water partition coefficient (Wildman–Crippen LogP) is 3.14. The van der Waals surface area contributed by atoms with E-state index in [4.69, 9.17) is 5.73 Å². The molecule has 0 fully saturated rings. The molecule has 1 heterocycles. The van der Waals surface area contributed by atoms with Gasteiger partial charge in [-0.05, 0) is 24.5 Å². The fourth-order valence-electron chi connectivity index (χ4n) is 1.70. The molecule has 84 valence electrons. The summed E-state index contributed by atoms with van der Waals surface area (Å²) in [6.07, 6.45) is 1.08. The highest BCUT2D eigenvalue weighted by molar-refractivity contribution is 7.15. The summed E-state index contributed by atoms with van der Waals surface area (Å²) in [7, 11) is 0. The quantitative estimate of drug-likeness (QED) is 0.883. The van der Waals surface area contributed by atoms with Crippen molar-refractivity contribution in [1.82, 2.24) is 4.98 Å². The van der Waals surface area contributed by atoms with Gasteiger partial charge in [0.1, 0.15) is 5.01 Å². The normalized spacial score (nSPS) is 10.7. The van der Waals surface area contributed by atoms with Crippen molar-refractivity contribution < 1.29 is 0 Å². The second kappa shape index (κ2) is 4.76. The Morgan fingerprint density at radius 3 is 2.44 bits per heavy atom. The highest BCUT2D eigenvalue weighted by Gasteiger charge is 2.08. The molecule has 0 radical (unpaired) electrons. The van der Waals surface area contributed by atoms with Crippen molar-refractivity contribution in [2.24, 2.45) is 5.73 Å². The summed E-state index contributed by atoms with van der Waals surface area (Å²) >= 11 is 1.69. The summed E-state index contributed by atoms with van der Waals surface area (Å²) in [5.74, 6) is 0. The highest BCUT2D eigenvalue weighted by Crippen LogP contribution is 2.29. The van der Waals surface area contributed by atoms with E-state index in [1.807, 2.05) is 6.92 Å². The zero-order valence-corrected chi connectivity index (χ0v) is 10.5. The van der Waals surface area contributed by atoms with Gasteiger partial charge in [-0.15, -0.1) is 11.3 Å². The molecule has 0 saturated carbocycles. The Labute approximate surface area is 100 Å². The zero-order valence-electron chi connectivity index (χ0n) is 9.66. The molecule has 1 aromatic carbocycles. The van der Waals surface area contributed by atoms with Crippen molar-refractivity contribution in [2.75, 3.05) is 0 Å². The van der Waals surface area contributed by atoms with Crippen LogP contribution in [0.15, 0.2) is 24.3 Å². The van der Waals surface area contributed by atoms with Crippen LogP contribution in [0.5, 0.6) is 0 Å². The monoisotopic (exact) mass is 232 g/mol. The summed E-state index contributed by atoms with van der Waals surface area (Å²) in [6, 6.07) is 8.69. The maximum absolute atomic E-state index is 5.60. The number of rotatable bonds is 3. The van der Waals surface area contributed by atoms with Crippen LogP contribution in [0.2, 0.25) is 0 Å². The third-order valence-corrected chi connectivity index (χ3v) is 3.87. The van der Waals surface area contributed by atoms with Crippen LogP contribution in [-0.4, -0.2) is 4.98 Å². The van der Waals surface area contributed by atoms with Gasteiger partial charge >= 0.3 is 0 Å². The molecule has 2 rings (SSSR count). The van der Waals surface area contributed by atoms with Crippen molar-refractivity contribution in [2.45, 2.75) is 26.8 Å². The van der Waals surface area contributed by atoms with Gasteiger partial charge in [0.05, 0.1) is 10.6 Å². The van der Waals surface area contributed by atoms with E-state index < -0.39 is 0 Å². The van der Waals surface area contributed by atoms with Gasteiger partial charge in [0.15, 0.2) is 0 Å². The molecule has 0 aliphatic rings. The molecule has 0 aliphatic heterocycles. The number of thiazole rings is 1. The first-order chi connectivity index (χ1) is 7.74. The molecule has 2 N–H and O–H groups in total. The van der Waals surface area contributed by atoms with Gasteiger partial charge in [-0.3, -0.25) is 0 Å². The molecule has 0 bridgehead atoms. The maximum Gasteiger partial charge on any atom is 0.107 e. The van der Waals surface area contributed by atoms with Crippen LogP contribution < -0.4 is 5.73 Å². The Bertz CT molecular complexity index is 471. The third kappa shape index (κ3) is 2.15. The second-order valence-electron chi connectivity index (χ2n) is 3.78. The largest absolute Gasteiger partial charge is 0.325 e. The van der Waals surface area contributed by atoms with E-state index in [0.717, 1.165) is 17.1 Å². The molecule has 0 aliphatic carbocycles. The molecule has 0 amide bonds. The Morgan fingerprint density at radius 1 is 1.25 bits per heavy atom. The molecule has 2 nitrogen and oxygen atoms in total. The minimum atomic E-state index is 0.526. The standard InChI is InChI=1S/C13H16N2S/c1-3-10-4-6-11(7-5-10)13-9(2)15-12(8-14)16-13/h4-7H,3,8,14H2,1-2H3. The smallest absolute Gasteiger partial charge is 0.107 e. The first kappa shape index (κ1) is 11.3. The number of hydrogen-bond acceptors (Lipinski definition) is 3. The Morgan fingerprint density at radius 2 is 1.94 bits per heavy atom. The van der Waals surface area contributed by atoms with Crippen LogP contribution in [0.3, 0.4) is 0 Å². The van der Waals surface area contributed by atoms with Crippen molar-refractivity contribution in [1.29, 1.82) is 0 Å². The lowest BCUT2D eigenvalue weighted by molar-refractivity contribution is 1.02. The summed E-state index contributed by atoms with van der Waals surface area (Å²) in [4.78, 5) is 5.68. The number of nitrogens with two attached hydrogens (primary N) is 1. The topological polar surface area (TPSA) is 38.9 Å². The molecule has 1 aromatic heterocycles. The van der Waals surface area contributed by atoms with Gasteiger partial charge in [-0.25, -0.2) is 4.98 Å². The van der Waals surface area contributed by atoms with Gasteiger partial charge < -0.3 is 5.73 Å². The summed E-state index contributed by atoms with van der Waals surface area (Å²) in [6.45, 7) is 4.73.